The Balaban J connectivity index is 1.21. The van der Waals surface area contributed by atoms with Crippen molar-refractivity contribution < 1.29 is 52.4 Å². The lowest BCUT2D eigenvalue weighted by Gasteiger charge is -2.42. The molecule has 0 aromatic rings. The van der Waals surface area contributed by atoms with Crippen LogP contribution in [0.15, 0.2) is 11.6 Å². The van der Waals surface area contributed by atoms with Crippen LogP contribution in [-0.4, -0.2) is 137 Å². The van der Waals surface area contributed by atoms with Gasteiger partial charge in [0.05, 0.1) is 58.1 Å². The number of hydrazine groups is 1. The van der Waals surface area contributed by atoms with Crippen LogP contribution in [0.1, 0.15) is 80.6 Å². The molecule has 2 saturated heterocycles. The van der Waals surface area contributed by atoms with Crippen LogP contribution in [0, 0.1) is 11.8 Å². The minimum absolute atomic E-state index is 0.0209. The number of ketones is 2. The van der Waals surface area contributed by atoms with E-state index in [0.717, 1.165) is 12.8 Å². The molecule has 0 aromatic carbocycles. The van der Waals surface area contributed by atoms with Gasteiger partial charge in [0, 0.05) is 32.7 Å². The van der Waals surface area contributed by atoms with Gasteiger partial charge in [0.2, 0.25) is 23.4 Å². The van der Waals surface area contributed by atoms with Crippen LogP contribution in [0.5, 0.6) is 0 Å². The molecule has 0 bridgehead atoms. The van der Waals surface area contributed by atoms with E-state index in [1.807, 2.05) is 27.7 Å². The van der Waals surface area contributed by atoms with Gasteiger partial charge in [0.15, 0.2) is 0 Å². The summed E-state index contributed by atoms with van der Waals surface area (Å²) < 4.78 is 35.2. The summed E-state index contributed by atoms with van der Waals surface area (Å²) in [5, 5.41) is 8.07. The summed E-state index contributed by atoms with van der Waals surface area (Å²) in [7, 11) is 1.66. The molecule has 3 rings (SSSR count). The molecule has 5 N–H and O–H groups in total. The molecule has 2 aliphatic heterocycles. The summed E-state index contributed by atoms with van der Waals surface area (Å²) in [5.74, 6) is -2.54. The number of allylic oxidation sites excluding steroid dienone is 1. The Kier molecular flexibility index (Phi) is 18.6. The average molecular weight is 768 g/mol. The highest BCUT2D eigenvalue weighted by atomic mass is 16.6. The summed E-state index contributed by atoms with van der Waals surface area (Å²) in [6.45, 7) is 15.3. The molecular formula is C38H65N5O11. The van der Waals surface area contributed by atoms with E-state index in [1.165, 1.54) is 5.57 Å². The predicted octanol–water partition coefficient (Wildman–Crippen LogP) is 0.907. The van der Waals surface area contributed by atoms with Gasteiger partial charge in [-0.1, -0.05) is 39.3 Å². The Hall–Kier alpha value is -2.83. The Morgan fingerprint density at radius 3 is 2.24 bits per heavy atom. The molecule has 2 amide bonds. The van der Waals surface area contributed by atoms with E-state index in [4.69, 9.17) is 28.4 Å². The van der Waals surface area contributed by atoms with Gasteiger partial charge in [-0.05, 0) is 52.4 Å². The fourth-order valence-corrected chi connectivity index (χ4v) is 6.81. The fraction of sp³-hybridized carbons (Fsp3) is 0.816. The smallest absolute Gasteiger partial charge is 0.306 e. The molecule has 0 radical (unpaired) electrons. The fourth-order valence-electron chi connectivity index (χ4n) is 6.81. The highest BCUT2D eigenvalue weighted by Crippen LogP contribution is 2.59. The van der Waals surface area contributed by atoms with Crippen LogP contribution in [0.3, 0.4) is 0 Å². The zero-order valence-electron chi connectivity index (χ0n) is 33.5. The molecule has 1 saturated carbocycles. The van der Waals surface area contributed by atoms with Crippen LogP contribution in [0.4, 0.5) is 0 Å². The van der Waals surface area contributed by atoms with Gasteiger partial charge in [0.25, 0.3) is 0 Å². The van der Waals surface area contributed by atoms with Gasteiger partial charge < -0.3 is 44.4 Å². The lowest BCUT2D eigenvalue weighted by molar-refractivity contribution is -0.172. The zero-order valence-corrected chi connectivity index (χ0v) is 33.5. The molecule has 1 aliphatic carbocycles. The third-order valence-corrected chi connectivity index (χ3v) is 9.99. The third-order valence-electron chi connectivity index (χ3n) is 9.99. The minimum atomic E-state index is -0.737. The minimum Gasteiger partial charge on any atom is -0.460 e. The maximum absolute atomic E-state index is 12.8. The van der Waals surface area contributed by atoms with E-state index < -0.39 is 30.1 Å². The Labute approximate surface area is 320 Å². The van der Waals surface area contributed by atoms with E-state index in [0.29, 0.717) is 39.3 Å². The molecular weight excluding hydrogens is 702 g/mol. The van der Waals surface area contributed by atoms with Gasteiger partial charge in [-0.3, -0.25) is 24.0 Å². The number of ether oxygens (including phenoxy) is 6. The number of esters is 1. The molecule has 308 valence electrons. The number of Topliss-reactive ketones (excluding diaryl/α,β-unsaturated/α-hetero) is 2. The van der Waals surface area contributed by atoms with Gasteiger partial charge in [-0.15, -0.1) is 0 Å². The Bertz CT molecular complexity index is 1290. The molecule has 1 spiro atoms. The first kappa shape index (κ1) is 45.6. The molecule has 5 unspecified atom stereocenters. The number of epoxide rings is 2. The number of amides is 2. The van der Waals surface area contributed by atoms with Crippen LogP contribution < -0.4 is 26.8 Å². The molecule has 2 heterocycles. The lowest BCUT2D eigenvalue weighted by Crippen LogP contribution is -2.55. The first-order chi connectivity index (χ1) is 25.6. The predicted molar refractivity (Wildman–Crippen MR) is 199 cm³/mol. The summed E-state index contributed by atoms with van der Waals surface area (Å²) in [6.07, 6.45) is 4.66. The lowest BCUT2D eigenvalue weighted by atomic mass is 9.68. The van der Waals surface area contributed by atoms with Crippen LogP contribution in [0.2, 0.25) is 0 Å². The third kappa shape index (κ3) is 14.3. The molecule has 0 aromatic heterocycles. The van der Waals surface area contributed by atoms with Crippen LogP contribution in [0.25, 0.3) is 0 Å². The standard InChI is InChI=1S/C38H65N5O11/c1-24(2)11-12-30-37(7,54-30)35-34(49-8)29(13-14-38(35)23-52-38)53-32(47)10-9-16-50-18-19-51-17-15-39-31(46)22-42-43-33(25(3)4)36(48)41-21-28(45)27(44)20-40-26(5)6/h11,25-26,29-30,33-35,40,42-43H,9-10,12-23H2,1-8H3,(H,39,46)(H,41,48)/t29?,30-,33?,34?,35?,37?,38+/m1/s1. The van der Waals surface area contributed by atoms with Crippen molar-refractivity contribution in [1.82, 2.24) is 26.8 Å². The molecule has 3 aliphatic rings. The molecule has 16 heteroatoms. The maximum Gasteiger partial charge on any atom is 0.306 e. The Morgan fingerprint density at radius 1 is 0.926 bits per heavy atom. The van der Waals surface area contributed by atoms with Gasteiger partial charge in [0.1, 0.15) is 29.5 Å². The second-order valence-electron chi connectivity index (χ2n) is 15.4. The molecule has 3 fully saturated rings. The summed E-state index contributed by atoms with van der Waals surface area (Å²) in [4.78, 5) is 61.5. The largest absolute Gasteiger partial charge is 0.460 e. The maximum atomic E-state index is 12.8. The summed E-state index contributed by atoms with van der Waals surface area (Å²) in [5.41, 5.74) is 6.14. The number of rotatable bonds is 27. The highest BCUT2D eigenvalue weighted by molar-refractivity contribution is 6.39. The van der Waals surface area contributed by atoms with Gasteiger partial charge >= 0.3 is 5.97 Å². The van der Waals surface area contributed by atoms with E-state index >= 15 is 0 Å². The van der Waals surface area contributed by atoms with Crippen molar-refractivity contribution in [3.63, 3.8) is 0 Å². The van der Waals surface area contributed by atoms with E-state index in [1.54, 1.807) is 7.11 Å². The van der Waals surface area contributed by atoms with E-state index in [-0.39, 0.29) is 91.9 Å². The number of hydrogen-bond acceptors (Lipinski definition) is 14. The van der Waals surface area contributed by atoms with Crippen molar-refractivity contribution in [2.45, 2.75) is 122 Å². The van der Waals surface area contributed by atoms with Crippen LogP contribution in [-0.2, 0) is 52.4 Å². The van der Waals surface area contributed by atoms with E-state index in [9.17, 15) is 24.0 Å². The second kappa shape index (κ2) is 22.0. The quantitative estimate of drug-likeness (QED) is 0.0197. The normalized spacial score (nSPS) is 26.3. The monoisotopic (exact) mass is 767 g/mol. The number of methoxy groups -OCH3 is 1. The Morgan fingerprint density at radius 2 is 1.61 bits per heavy atom. The summed E-state index contributed by atoms with van der Waals surface area (Å²) >= 11 is 0. The number of hydrogen-bond donors (Lipinski definition) is 5. The number of carbonyl (C=O) groups is 5. The molecule has 7 atom stereocenters. The zero-order chi connectivity index (χ0) is 39.9. The van der Waals surface area contributed by atoms with Crippen molar-refractivity contribution in [3.05, 3.63) is 11.6 Å². The second-order valence-corrected chi connectivity index (χ2v) is 15.4. The molecule has 16 nitrogen and oxygen atoms in total. The number of nitrogens with one attached hydrogen (secondary N) is 5. The SMILES string of the molecule is COC1C(OC(=O)CCCOCCOCCNC(=O)CNNC(C(=O)NCC(=O)C(=O)CNC(C)C)C(C)C)CC[C@]2(CO2)C1C1(C)O[C@@H]1CC=C(C)C. The van der Waals surface area contributed by atoms with Crippen LogP contribution >= 0.6 is 0 Å². The highest BCUT2D eigenvalue weighted by Gasteiger charge is 2.72. The molecule has 54 heavy (non-hydrogen) atoms. The van der Waals surface area contributed by atoms with Gasteiger partial charge in [-0.2, -0.15) is 0 Å². The topological polar surface area (TPSA) is 207 Å². The number of carbonyl (C=O) groups excluding carboxylic acids is 5. The van der Waals surface area contributed by atoms with Crippen molar-refractivity contribution in [2.24, 2.45) is 11.8 Å². The van der Waals surface area contributed by atoms with Crippen molar-refractivity contribution in [1.29, 1.82) is 0 Å². The average Bonchev–Trinajstić information content (AvgIpc) is 4.04. The van der Waals surface area contributed by atoms with E-state index in [2.05, 4.69) is 53.6 Å². The van der Waals surface area contributed by atoms with Crippen molar-refractivity contribution in [3.8, 4) is 0 Å². The van der Waals surface area contributed by atoms with Crippen molar-refractivity contribution in [2.75, 3.05) is 66.3 Å². The van der Waals surface area contributed by atoms with Gasteiger partial charge in [-0.25, -0.2) is 10.9 Å². The summed E-state index contributed by atoms with van der Waals surface area (Å²) in [6, 6.07) is -0.681. The first-order valence-corrected chi connectivity index (χ1v) is 19.3. The first-order valence-electron chi connectivity index (χ1n) is 19.3. The van der Waals surface area contributed by atoms with Crippen molar-refractivity contribution >= 4 is 29.4 Å².